The predicted octanol–water partition coefficient (Wildman–Crippen LogP) is 3.15. The second kappa shape index (κ2) is 14.1. The van der Waals surface area contributed by atoms with Crippen molar-refractivity contribution in [3.05, 3.63) is 90.5 Å². The molecule has 1 amide bonds. The van der Waals surface area contributed by atoms with E-state index in [2.05, 4.69) is 10.3 Å². The summed E-state index contributed by atoms with van der Waals surface area (Å²) in [5.74, 6) is 0.621. The fraction of sp³-hybridized carbons (Fsp3) is 0.310. The molecule has 0 fully saturated rings. The largest absolute Gasteiger partial charge is 0.497 e. The fourth-order valence-electron chi connectivity index (χ4n) is 4.28. The molecule has 4 rings (SSSR count). The highest BCUT2D eigenvalue weighted by atomic mass is 32.2. The van der Waals surface area contributed by atoms with E-state index in [9.17, 15) is 18.3 Å². The first-order valence-corrected chi connectivity index (χ1v) is 14.4. The summed E-state index contributed by atoms with van der Waals surface area (Å²) in [5, 5.41) is 12.3. The number of ether oxygens (including phenoxy) is 4. The maximum atomic E-state index is 13.2. The molecule has 0 aliphatic carbocycles. The third-order valence-electron chi connectivity index (χ3n) is 6.44. The number of methoxy groups -OCH3 is 2. The zero-order valence-electron chi connectivity index (χ0n) is 22.8. The minimum atomic E-state index is -3.91. The average Bonchev–Trinajstić information content (AvgIpc) is 3.01. The van der Waals surface area contributed by atoms with Gasteiger partial charge in [-0.2, -0.15) is 4.31 Å². The second-order valence-electron chi connectivity index (χ2n) is 9.06. The van der Waals surface area contributed by atoms with E-state index < -0.39 is 22.2 Å². The number of allylic oxidation sites excluding steroid dienone is 1. The van der Waals surface area contributed by atoms with Crippen LogP contribution in [-0.4, -0.2) is 75.5 Å². The lowest BCUT2D eigenvalue weighted by Crippen LogP contribution is -2.37. The minimum Gasteiger partial charge on any atom is -0.497 e. The van der Waals surface area contributed by atoms with E-state index in [4.69, 9.17) is 18.9 Å². The van der Waals surface area contributed by atoms with Crippen LogP contribution in [-0.2, 0) is 24.3 Å². The van der Waals surface area contributed by atoms with Crippen molar-refractivity contribution in [3.63, 3.8) is 0 Å². The molecule has 2 atom stereocenters. The van der Waals surface area contributed by atoms with E-state index in [1.54, 1.807) is 43.6 Å². The zero-order chi connectivity index (χ0) is 29.2. The summed E-state index contributed by atoms with van der Waals surface area (Å²) in [7, 11) is -0.826. The number of pyridine rings is 1. The number of aliphatic hydroxyl groups excluding tert-OH is 1. The van der Waals surface area contributed by atoms with Crippen molar-refractivity contribution in [2.24, 2.45) is 0 Å². The van der Waals surface area contributed by atoms with Gasteiger partial charge in [-0.25, -0.2) is 8.42 Å². The summed E-state index contributed by atoms with van der Waals surface area (Å²) in [5.41, 5.74) is 1.44. The maximum Gasteiger partial charge on any atom is 0.290 e. The number of nitrogens with one attached hydrogen (secondary N) is 1. The molecule has 11 nitrogen and oxygen atoms in total. The van der Waals surface area contributed by atoms with Gasteiger partial charge in [0.1, 0.15) is 11.5 Å². The van der Waals surface area contributed by atoms with E-state index in [-0.39, 0.29) is 42.9 Å². The summed E-state index contributed by atoms with van der Waals surface area (Å²) < 4.78 is 49.8. The highest BCUT2D eigenvalue weighted by molar-refractivity contribution is 7.89. The van der Waals surface area contributed by atoms with Crippen LogP contribution in [0.5, 0.6) is 11.5 Å². The van der Waals surface area contributed by atoms with E-state index in [1.807, 2.05) is 24.3 Å². The molecule has 218 valence electrons. The van der Waals surface area contributed by atoms with E-state index in [1.165, 1.54) is 25.4 Å². The molecular formula is C29H33N3O8S. The number of rotatable bonds is 13. The first-order valence-electron chi connectivity index (χ1n) is 12.9. The zero-order valence-corrected chi connectivity index (χ0v) is 23.6. The molecule has 1 aliphatic rings. The lowest BCUT2D eigenvalue weighted by molar-refractivity contribution is -0.143. The molecule has 1 aromatic heterocycles. The number of amides is 1. The van der Waals surface area contributed by atoms with Crippen molar-refractivity contribution in [2.45, 2.75) is 23.5 Å². The maximum absolute atomic E-state index is 13.2. The molecule has 2 heterocycles. The summed E-state index contributed by atoms with van der Waals surface area (Å²) in [6, 6.07) is 16.9. The van der Waals surface area contributed by atoms with Gasteiger partial charge in [0.15, 0.2) is 5.76 Å². The van der Waals surface area contributed by atoms with Crippen LogP contribution in [0.25, 0.3) is 0 Å². The van der Waals surface area contributed by atoms with Gasteiger partial charge in [-0.05, 0) is 60.2 Å². The smallest absolute Gasteiger partial charge is 0.290 e. The van der Waals surface area contributed by atoms with Crippen LogP contribution in [0.4, 0.5) is 5.69 Å². The van der Waals surface area contributed by atoms with Crippen LogP contribution >= 0.6 is 0 Å². The molecule has 0 spiro atoms. The molecule has 0 saturated heterocycles. The highest BCUT2D eigenvalue weighted by Gasteiger charge is 2.30. The van der Waals surface area contributed by atoms with Crippen LogP contribution in [0.1, 0.15) is 17.9 Å². The molecule has 2 N–H and O–H groups in total. The molecular weight excluding hydrogens is 550 g/mol. The Kier molecular flexibility index (Phi) is 10.3. The van der Waals surface area contributed by atoms with Gasteiger partial charge in [0.05, 0.1) is 44.2 Å². The van der Waals surface area contributed by atoms with Crippen LogP contribution in [0, 0.1) is 0 Å². The SMILES string of the molecule is COc1ccc([C@@H]2C=C(C(=O)Nc3cccnc3)O[C@H](OCCN(CCO)S(=O)(=O)c3ccc(OC)cc3)C2)cc1. The normalized spacial score (nSPS) is 16.9. The Bertz CT molecular complexity index is 1410. The molecule has 41 heavy (non-hydrogen) atoms. The Balaban J connectivity index is 1.47. The number of aliphatic hydroxyl groups is 1. The summed E-state index contributed by atoms with van der Waals surface area (Å²) in [6.45, 7) is -0.553. The Morgan fingerprint density at radius 1 is 1.05 bits per heavy atom. The van der Waals surface area contributed by atoms with Crippen LogP contribution < -0.4 is 14.8 Å². The quantitative estimate of drug-likeness (QED) is 0.311. The molecule has 1 aliphatic heterocycles. The average molecular weight is 584 g/mol. The first-order chi connectivity index (χ1) is 19.8. The number of benzene rings is 2. The summed E-state index contributed by atoms with van der Waals surface area (Å²) >= 11 is 0. The van der Waals surface area contributed by atoms with E-state index >= 15 is 0 Å². The summed E-state index contributed by atoms with van der Waals surface area (Å²) in [4.78, 5) is 17.1. The van der Waals surface area contributed by atoms with Gasteiger partial charge < -0.3 is 29.4 Å². The topological polar surface area (TPSA) is 137 Å². The monoisotopic (exact) mass is 583 g/mol. The molecule has 0 radical (unpaired) electrons. The van der Waals surface area contributed by atoms with Gasteiger partial charge in [0.2, 0.25) is 16.3 Å². The molecule has 2 aromatic carbocycles. The van der Waals surface area contributed by atoms with Gasteiger partial charge in [-0.15, -0.1) is 0 Å². The number of anilines is 1. The van der Waals surface area contributed by atoms with Gasteiger partial charge >= 0.3 is 0 Å². The van der Waals surface area contributed by atoms with E-state index in [0.29, 0.717) is 23.6 Å². The van der Waals surface area contributed by atoms with Gasteiger partial charge in [0, 0.05) is 31.6 Å². The van der Waals surface area contributed by atoms with Crippen LogP contribution in [0.3, 0.4) is 0 Å². The third-order valence-corrected chi connectivity index (χ3v) is 8.35. The number of aromatic nitrogens is 1. The standard InChI is InChI=1S/C29H33N3O8S/c1-37-24-7-5-21(6-8-24)22-18-27(29(34)31-23-4-3-13-30-20-23)40-28(19-22)39-17-15-32(14-16-33)41(35,36)26-11-9-25(38-2)10-12-26/h3-13,18,20,22,28,33H,14-17,19H2,1-2H3,(H,31,34)/t22-,28+/m1/s1. The molecule has 3 aromatic rings. The number of sulfonamides is 1. The fourth-order valence-corrected chi connectivity index (χ4v) is 5.69. The number of carbonyl (C=O) groups is 1. The number of hydrogen-bond donors (Lipinski definition) is 2. The molecule has 0 unspecified atom stereocenters. The Labute approximate surface area is 239 Å². The first kappa shape index (κ1) is 30.0. The lowest BCUT2D eigenvalue weighted by atomic mass is 9.93. The Hall–Kier alpha value is -3.97. The highest BCUT2D eigenvalue weighted by Crippen LogP contribution is 2.33. The van der Waals surface area contributed by atoms with Crippen LogP contribution in [0.15, 0.2) is 89.8 Å². The number of hydrogen-bond acceptors (Lipinski definition) is 9. The van der Waals surface area contributed by atoms with Crippen molar-refractivity contribution in [3.8, 4) is 11.5 Å². The van der Waals surface area contributed by atoms with Crippen molar-refractivity contribution < 1.29 is 37.3 Å². The Morgan fingerprint density at radius 2 is 1.73 bits per heavy atom. The van der Waals surface area contributed by atoms with Gasteiger partial charge in [-0.3, -0.25) is 9.78 Å². The van der Waals surface area contributed by atoms with Crippen LogP contribution in [0.2, 0.25) is 0 Å². The molecule has 12 heteroatoms. The predicted molar refractivity (Wildman–Crippen MR) is 151 cm³/mol. The molecule has 0 saturated carbocycles. The molecule has 0 bridgehead atoms. The minimum absolute atomic E-state index is 0.0348. The van der Waals surface area contributed by atoms with Gasteiger partial charge in [-0.1, -0.05) is 12.1 Å². The summed E-state index contributed by atoms with van der Waals surface area (Å²) in [6.07, 6.45) is 4.42. The van der Waals surface area contributed by atoms with Crippen molar-refractivity contribution in [2.75, 3.05) is 45.8 Å². The Morgan fingerprint density at radius 3 is 2.34 bits per heavy atom. The third kappa shape index (κ3) is 7.82. The van der Waals surface area contributed by atoms with Crippen molar-refractivity contribution in [1.29, 1.82) is 0 Å². The van der Waals surface area contributed by atoms with Crippen molar-refractivity contribution >= 4 is 21.6 Å². The van der Waals surface area contributed by atoms with E-state index in [0.717, 1.165) is 9.87 Å². The second-order valence-corrected chi connectivity index (χ2v) is 11.0. The lowest BCUT2D eigenvalue weighted by Gasteiger charge is -2.30. The number of nitrogens with zero attached hydrogens (tertiary/aromatic N) is 2. The van der Waals surface area contributed by atoms with Crippen molar-refractivity contribution in [1.82, 2.24) is 9.29 Å². The number of carbonyl (C=O) groups excluding carboxylic acids is 1. The van der Waals surface area contributed by atoms with Gasteiger partial charge in [0.25, 0.3) is 5.91 Å².